The average Bonchev–Trinajstić information content (AvgIpc) is 3.72. The second-order valence-corrected chi connectivity index (χ2v) is 17.7. The molecule has 280 valence electrons. The van der Waals surface area contributed by atoms with E-state index in [2.05, 4.69) is 206 Å². The van der Waals surface area contributed by atoms with Crippen molar-refractivity contribution in [2.24, 2.45) is 0 Å². The van der Waals surface area contributed by atoms with Gasteiger partial charge in [0.1, 0.15) is 0 Å². The summed E-state index contributed by atoms with van der Waals surface area (Å²) in [6.45, 7) is 0. The maximum atomic E-state index is 2.54. The Morgan fingerprint density at radius 2 is 0.508 bits per heavy atom. The first-order valence-corrected chi connectivity index (χ1v) is 22.0. The number of fused-ring (bicyclic) bond motifs is 23. The van der Waals surface area contributed by atoms with Crippen LogP contribution in [0.4, 0.5) is 0 Å². The number of thiophene rings is 1. The van der Waals surface area contributed by atoms with Crippen molar-refractivity contribution in [1.82, 2.24) is 0 Å². The van der Waals surface area contributed by atoms with Crippen LogP contribution in [-0.4, -0.2) is 0 Å². The molecule has 0 saturated heterocycles. The summed E-state index contributed by atoms with van der Waals surface area (Å²) in [6, 6.07) is 77.9. The van der Waals surface area contributed by atoms with Crippen LogP contribution in [0.15, 0.2) is 206 Å². The first-order valence-electron chi connectivity index (χ1n) is 21.2. The molecule has 12 aromatic carbocycles. The van der Waals surface area contributed by atoms with Crippen molar-refractivity contribution in [3.63, 3.8) is 0 Å². The first-order chi connectivity index (χ1) is 30.3. The summed E-state index contributed by atoms with van der Waals surface area (Å²) >= 11 is 1.91. The third-order valence-electron chi connectivity index (χ3n) is 13.6. The van der Waals surface area contributed by atoms with Crippen molar-refractivity contribution < 1.29 is 0 Å². The van der Waals surface area contributed by atoms with Gasteiger partial charge in [-0.15, -0.1) is 11.3 Å². The molecule has 0 bridgehead atoms. The minimum absolute atomic E-state index is 1.25. The van der Waals surface area contributed by atoms with Crippen LogP contribution >= 0.6 is 11.3 Å². The Morgan fingerprint density at radius 3 is 1.02 bits per heavy atom. The molecule has 1 aliphatic rings. The van der Waals surface area contributed by atoms with Crippen LogP contribution in [0.2, 0.25) is 0 Å². The molecule has 0 unspecified atom stereocenters. The zero-order valence-electron chi connectivity index (χ0n) is 33.0. The van der Waals surface area contributed by atoms with Crippen LogP contribution < -0.4 is 0 Å². The van der Waals surface area contributed by atoms with Crippen molar-refractivity contribution in [2.75, 3.05) is 0 Å². The van der Waals surface area contributed by atoms with Crippen LogP contribution in [0.5, 0.6) is 0 Å². The molecule has 1 aliphatic carbocycles. The molecule has 0 aliphatic heterocycles. The van der Waals surface area contributed by atoms with E-state index < -0.39 is 0 Å². The Bertz CT molecular complexity index is 4000. The lowest BCUT2D eigenvalue weighted by Crippen LogP contribution is -2.00. The summed E-state index contributed by atoms with van der Waals surface area (Å²) in [4.78, 5) is 0. The van der Waals surface area contributed by atoms with Gasteiger partial charge in [0.25, 0.3) is 0 Å². The van der Waals surface area contributed by atoms with Gasteiger partial charge in [0, 0.05) is 25.7 Å². The average molecular weight is 787 g/mol. The largest absolute Gasteiger partial charge is 0.135 e. The molecule has 0 nitrogen and oxygen atoms in total. The standard InChI is InChI=1S/C60H34S/c1-5-19-39-35(15-1)36-16-3-7-21-41(36)52-33-56-47-27-13-26-46(49-29-14-28-48-45-25-11-12-30-58(45)61-60(48)49)59(47)57-34-54-42-22-8-4-18-38(42)37-17-2-6-20-40(37)51(54)32-55(57)44-24-10-9-23-43(44)53(56)31-50(39)52/h1-34H. The Hall–Kier alpha value is -7.58. The zero-order valence-corrected chi connectivity index (χ0v) is 33.9. The highest BCUT2D eigenvalue weighted by atomic mass is 32.1. The Morgan fingerprint density at radius 1 is 0.197 bits per heavy atom. The Kier molecular flexibility index (Phi) is 6.80. The summed E-state index contributed by atoms with van der Waals surface area (Å²) in [6.07, 6.45) is 0. The van der Waals surface area contributed by atoms with Gasteiger partial charge in [0.15, 0.2) is 0 Å². The molecule has 1 heteroatoms. The smallest absolute Gasteiger partial charge is 0.0434 e. The lowest BCUT2D eigenvalue weighted by molar-refractivity contribution is 1.55. The van der Waals surface area contributed by atoms with Crippen LogP contribution in [0.25, 0.3) is 140 Å². The minimum atomic E-state index is 1.25. The third-order valence-corrected chi connectivity index (χ3v) is 14.8. The second-order valence-electron chi connectivity index (χ2n) is 16.6. The van der Waals surface area contributed by atoms with Gasteiger partial charge in [0.05, 0.1) is 0 Å². The van der Waals surface area contributed by atoms with Crippen LogP contribution in [0.1, 0.15) is 0 Å². The molecule has 1 heterocycles. The molecule has 61 heavy (non-hydrogen) atoms. The molecule has 0 radical (unpaired) electrons. The molecule has 1 aromatic heterocycles. The third kappa shape index (κ3) is 4.59. The molecule has 0 spiro atoms. The first kappa shape index (κ1) is 33.3. The highest BCUT2D eigenvalue weighted by molar-refractivity contribution is 7.26. The van der Waals surface area contributed by atoms with E-state index in [-0.39, 0.29) is 0 Å². The molecule has 0 saturated carbocycles. The number of hydrogen-bond acceptors (Lipinski definition) is 1. The van der Waals surface area contributed by atoms with Crippen molar-refractivity contribution in [2.45, 2.75) is 0 Å². The maximum Gasteiger partial charge on any atom is 0.0434 e. The van der Waals surface area contributed by atoms with Gasteiger partial charge in [0.2, 0.25) is 0 Å². The molecular formula is C60H34S. The topological polar surface area (TPSA) is 0 Å². The van der Waals surface area contributed by atoms with E-state index in [4.69, 9.17) is 0 Å². The van der Waals surface area contributed by atoms with Gasteiger partial charge in [-0.3, -0.25) is 0 Å². The summed E-state index contributed by atoms with van der Waals surface area (Å²) < 4.78 is 2.65. The normalized spacial score (nSPS) is 12.3. The van der Waals surface area contributed by atoms with E-state index in [0.29, 0.717) is 0 Å². The lowest BCUT2D eigenvalue weighted by Gasteiger charge is -2.27. The van der Waals surface area contributed by atoms with Crippen LogP contribution in [-0.2, 0) is 0 Å². The van der Waals surface area contributed by atoms with Crippen molar-refractivity contribution >= 4 is 96.1 Å². The molecular weight excluding hydrogens is 753 g/mol. The van der Waals surface area contributed by atoms with Gasteiger partial charge in [-0.05, 0) is 145 Å². The van der Waals surface area contributed by atoms with E-state index in [1.807, 2.05) is 11.3 Å². The van der Waals surface area contributed by atoms with E-state index in [0.717, 1.165) is 0 Å². The van der Waals surface area contributed by atoms with E-state index in [1.165, 1.54) is 140 Å². The SMILES string of the molecule is c1ccc2c(c1)-c1cc3c4ccccc4c4ccccc4c3cc1-c1cccc(-c3cccc4c3sc3ccccc34)c1-c1cc3c4ccccc4c4ccccc4c3cc1-2. The number of hydrogen-bond donors (Lipinski definition) is 0. The molecule has 13 aromatic rings. The predicted molar refractivity (Wildman–Crippen MR) is 265 cm³/mol. The van der Waals surface area contributed by atoms with Gasteiger partial charge in [-0.1, -0.05) is 176 Å². The fourth-order valence-corrected chi connectivity index (χ4v) is 12.2. The van der Waals surface area contributed by atoms with E-state index >= 15 is 0 Å². The van der Waals surface area contributed by atoms with Crippen molar-refractivity contribution in [1.29, 1.82) is 0 Å². The van der Waals surface area contributed by atoms with Gasteiger partial charge in [-0.2, -0.15) is 0 Å². The predicted octanol–water partition coefficient (Wildman–Crippen LogP) is 17.6. The van der Waals surface area contributed by atoms with Gasteiger partial charge in [-0.25, -0.2) is 0 Å². The van der Waals surface area contributed by atoms with Gasteiger partial charge < -0.3 is 0 Å². The highest BCUT2D eigenvalue weighted by Gasteiger charge is 2.28. The van der Waals surface area contributed by atoms with Crippen LogP contribution in [0, 0.1) is 0 Å². The van der Waals surface area contributed by atoms with Crippen LogP contribution in [0.3, 0.4) is 0 Å². The fourth-order valence-electron chi connectivity index (χ4n) is 11.0. The summed E-state index contributed by atoms with van der Waals surface area (Å²) in [5.41, 5.74) is 12.6. The number of rotatable bonds is 1. The molecule has 0 fully saturated rings. The lowest BCUT2D eigenvalue weighted by atomic mass is 9.76. The Labute approximate surface area is 356 Å². The summed E-state index contributed by atoms with van der Waals surface area (Å²) in [7, 11) is 0. The number of benzene rings is 12. The van der Waals surface area contributed by atoms with E-state index in [1.54, 1.807) is 0 Å². The molecule has 0 N–H and O–H groups in total. The molecule has 0 amide bonds. The molecule has 0 atom stereocenters. The summed E-state index contributed by atoms with van der Waals surface area (Å²) in [5, 5.41) is 18.1. The van der Waals surface area contributed by atoms with Crippen molar-refractivity contribution in [3.8, 4) is 55.6 Å². The second kappa shape index (κ2) is 12.5. The summed E-state index contributed by atoms with van der Waals surface area (Å²) in [5.74, 6) is 0. The van der Waals surface area contributed by atoms with Gasteiger partial charge >= 0.3 is 0 Å². The Balaban J connectivity index is 1.21. The monoisotopic (exact) mass is 786 g/mol. The molecule has 14 rings (SSSR count). The zero-order chi connectivity index (χ0) is 39.8. The van der Waals surface area contributed by atoms with E-state index in [9.17, 15) is 0 Å². The minimum Gasteiger partial charge on any atom is -0.135 e. The van der Waals surface area contributed by atoms with Crippen molar-refractivity contribution in [3.05, 3.63) is 206 Å². The highest BCUT2D eigenvalue weighted by Crippen LogP contribution is 2.55. The quantitative estimate of drug-likeness (QED) is 0.145. The fraction of sp³-hybridized carbons (Fsp3) is 0. The maximum absolute atomic E-state index is 2.54.